The molecule has 1 aromatic carbocycles. The first-order valence-corrected chi connectivity index (χ1v) is 6.71. The molecule has 0 radical (unpaired) electrons. The van der Waals surface area contributed by atoms with E-state index in [1.807, 2.05) is 19.1 Å². The Labute approximate surface area is 122 Å². The van der Waals surface area contributed by atoms with E-state index in [1.165, 1.54) is 12.1 Å². The van der Waals surface area contributed by atoms with Crippen LogP contribution < -0.4 is 5.32 Å². The van der Waals surface area contributed by atoms with E-state index in [2.05, 4.69) is 10.3 Å². The summed E-state index contributed by atoms with van der Waals surface area (Å²) >= 11 is 0. The van der Waals surface area contributed by atoms with Crippen molar-refractivity contribution in [3.63, 3.8) is 0 Å². The second kappa shape index (κ2) is 6.26. The van der Waals surface area contributed by atoms with Gasteiger partial charge in [-0.1, -0.05) is 18.2 Å². The average molecular weight is 294 g/mol. The fourth-order valence-corrected chi connectivity index (χ4v) is 2.35. The van der Waals surface area contributed by atoms with Crippen molar-refractivity contribution in [1.29, 1.82) is 0 Å². The van der Waals surface area contributed by atoms with Crippen LogP contribution in [0, 0.1) is 0 Å². The van der Waals surface area contributed by atoms with Gasteiger partial charge in [-0.05, 0) is 43.2 Å². The first kappa shape index (κ1) is 15.5. The molecule has 21 heavy (non-hydrogen) atoms. The van der Waals surface area contributed by atoms with E-state index in [-0.39, 0.29) is 11.6 Å². The fourth-order valence-electron chi connectivity index (χ4n) is 2.35. The quantitative estimate of drug-likeness (QED) is 0.897. The lowest BCUT2D eigenvalue weighted by molar-refractivity contribution is -0.138. The van der Waals surface area contributed by atoms with Crippen molar-refractivity contribution in [2.24, 2.45) is 0 Å². The van der Waals surface area contributed by atoms with Gasteiger partial charge in [0.2, 0.25) is 0 Å². The molecule has 2 atom stereocenters. The maximum absolute atomic E-state index is 13.0. The molecule has 0 spiro atoms. The Morgan fingerprint density at radius 1 is 0.952 bits per heavy atom. The zero-order valence-electron chi connectivity index (χ0n) is 11.9. The third-order valence-corrected chi connectivity index (χ3v) is 3.44. The number of nitrogens with zero attached hydrogens (tertiary/aromatic N) is 1. The molecule has 0 amide bonds. The summed E-state index contributed by atoms with van der Waals surface area (Å²) in [4.78, 5) is 3.93. The van der Waals surface area contributed by atoms with Crippen LogP contribution in [0.5, 0.6) is 0 Å². The predicted molar refractivity (Wildman–Crippen MR) is 75.6 cm³/mol. The third kappa shape index (κ3) is 3.82. The first-order chi connectivity index (χ1) is 9.89. The van der Waals surface area contributed by atoms with Crippen LogP contribution in [0.4, 0.5) is 13.2 Å². The van der Waals surface area contributed by atoms with Gasteiger partial charge in [0.15, 0.2) is 0 Å². The molecule has 0 aliphatic heterocycles. The Balaban J connectivity index is 2.20. The number of pyridine rings is 1. The lowest BCUT2D eigenvalue weighted by Crippen LogP contribution is -2.24. The molecule has 0 saturated carbocycles. The Morgan fingerprint density at radius 3 is 2.19 bits per heavy atom. The summed E-state index contributed by atoms with van der Waals surface area (Å²) in [7, 11) is 0. The van der Waals surface area contributed by atoms with Crippen molar-refractivity contribution in [3.8, 4) is 0 Å². The van der Waals surface area contributed by atoms with Crippen molar-refractivity contribution >= 4 is 0 Å². The van der Waals surface area contributed by atoms with E-state index < -0.39 is 17.8 Å². The zero-order chi connectivity index (χ0) is 15.5. The van der Waals surface area contributed by atoms with E-state index in [0.717, 1.165) is 11.6 Å². The highest BCUT2D eigenvalue weighted by atomic mass is 19.4. The Morgan fingerprint density at radius 2 is 1.57 bits per heavy atom. The van der Waals surface area contributed by atoms with E-state index in [9.17, 15) is 13.2 Å². The van der Waals surface area contributed by atoms with Crippen LogP contribution in [-0.2, 0) is 6.18 Å². The van der Waals surface area contributed by atoms with Crippen LogP contribution in [-0.4, -0.2) is 4.98 Å². The second-order valence-corrected chi connectivity index (χ2v) is 4.98. The number of aromatic nitrogens is 1. The average Bonchev–Trinajstić information content (AvgIpc) is 2.47. The molecule has 2 aromatic rings. The number of nitrogens with one attached hydrogen (secondary N) is 1. The lowest BCUT2D eigenvalue weighted by Gasteiger charge is -2.23. The van der Waals surface area contributed by atoms with Crippen LogP contribution in [0.25, 0.3) is 0 Å². The molecule has 0 fully saturated rings. The molecule has 1 unspecified atom stereocenters. The minimum absolute atomic E-state index is 0.0655. The van der Waals surface area contributed by atoms with Gasteiger partial charge in [-0.3, -0.25) is 4.98 Å². The highest BCUT2D eigenvalue weighted by Gasteiger charge is 2.34. The van der Waals surface area contributed by atoms with Gasteiger partial charge in [0.05, 0.1) is 5.56 Å². The van der Waals surface area contributed by atoms with Crippen LogP contribution >= 0.6 is 0 Å². The molecule has 0 aliphatic carbocycles. The standard InChI is InChI=1S/C16H17F3N2/c1-11(13-7-9-20-10-8-13)21-12(2)14-5-3-4-6-15(14)16(17,18)19/h3-12,21H,1-2H3/t11-,12?/m1/s1. The minimum atomic E-state index is -4.34. The molecule has 1 aromatic heterocycles. The Kier molecular flexibility index (Phi) is 4.63. The molecule has 0 bridgehead atoms. The summed E-state index contributed by atoms with van der Waals surface area (Å²) in [5.74, 6) is 0. The van der Waals surface area contributed by atoms with Crippen molar-refractivity contribution < 1.29 is 13.2 Å². The summed E-state index contributed by atoms with van der Waals surface area (Å²) in [6.45, 7) is 3.66. The molecular weight excluding hydrogens is 277 g/mol. The van der Waals surface area contributed by atoms with Crippen LogP contribution in [0.3, 0.4) is 0 Å². The van der Waals surface area contributed by atoms with E-state index in [0.29, 0.717) is 0 Å². The summed E-state index contributed by atoms with van der Waals surface area (Å²) in [5.41, 5.74) is 0.652. The Bertz CT molecular complexity index is 582. The van der Waals surface area contributed by atoms with Crippen molar-refractivity contribution in [2.75, 3.05) is 0 Å². The van der Waals surface area contributed by atoms with Gasteiger partial charge >= 0.3 is 6.18 Å². The van der Waals surface area contributed by atoms with Gasteiger partial charge in [0, 0.05) is 24.5 Å². The monoisotopic (exact) mass is 294 g/mol. The maximum Gasteiger partial charge on any atom is 0.416 e. The lowest BCUT2D eigenvalue weighted by atomic mass is 9.99. The van der Waals surface area contributed by atoms with E-state index in [1.54, 1.807) is 25.4 Å². The van der Waals surface area contributed by atoms with Crippen molar-refractivity contribution in [1.82, 2.24) is 10.3 Å². The van der Waals surface area contributed by atoms with Gasteiger partial charge in [0.1, 0.15) is 0 Å². The highest BCUT2D eigenvalue weighted by molar-refractivity contribution is 5.32. The predicted octanol–water partition coefficient (Wildman–Crippen LogP) is 4.51. The number of halogens is 3. The largest absolute Gasteiger partial charge is 0.416 e. The summed E-state index contributed by atoms with van der Waals surface area (Å²) in [6.07, 6.45) is -1.00. The smallest absolute Gasteiger partial charge is 0.304 e. The number of alkyl halides is 3. The van der Waals surface area contributed by atoms with Gasteiger partial charge in [-0.2, -0.15) is 13.2 Å². The van der Waals surface area contributed by atoms with Crippen LogP contribution in [0.1, 0.15) is 42.6 Å². The molecule has 5 heteroatoms. The summed E-state index contributed by atoms with van der Waals surface area (Å²) < 4.78 is 39.1. The fraction of sp³-hybridized carbons (Fsp3) is 0.312. The first-order valence-electron chi connectivity index (χ1n) is 6.71. The maximum atomic E-state index is 13.0. The van der Waals surface area contributed by atoms with Crippen LogP contribution in [0.15, 0.2) is 48.8 Å². The molecule has 0 aliphatic rings. The van der Waals surface area contributed by atoms with E-state index in [4.69, 9.17) is 0 Å². The molecule has 2 nitrogen and oxygen atoms in total. The summed E-state index contributed by atoms with van der Waals surface area (Å²) in [6, 6.07) is 8.88. The summed E-state index contributed by atoms with van der Waals surface area (Å²) in [5, 5.41) is 3.20. The number of hydrogen-bond acceptors (Lipinski definition) is 2. The van der Waals surface area contributed by atoms with Gasteiger partial charge in [-0.15, -0.1) is 0 Å². The van der Waals surface area contributed by atoms with E-state index >= 15 is 0 Å². The normalized spacial score (nSPS) is 14.7. The number of rotatable bonds is 4. The van der Waals surface area contributed by atoms with Gasteiger partial charge in [-0.25, -0.2) is 0 Å². The molecule has 1 N–H and O–H groups in total. The Hall–Kier alpha value is -1.88. The van der Waals surface area contributed by atoms with Gasteiger partial charge < -0.3 is 5.32 Å². The van der Waals surface area contributed by atoms with Gasteiger partial charge in [0.25, 0.3) is 0 Å². The molecule has 112 valence electrons. The SMILES string of the molecule is CC(N[C@H](C)c1ccncc1)c1ccccc1C(F)(F)F. The second-order valence-electron chi connectivity index (χ2n) is 4.98. The highest BCUT2D eigenvalue weighted by Crippen LogP contribution is 2.34. The van der Waals surface area contributed by atoms with Crippen molar-refractivity contribution in [3.05, 3.63) is 65.5 Å². The number of benzene rings is 1. The van der Waals surface area contributed by atoms with Crippen LogP contribution in [0.2, 0.25) is 0 Å². The number of hydrogen-bond donors (Lipinski definition) is 1. The minimum Gasteiger partial charge on any atom is -0.304 e. The zero-order valence-corrected chi connectivity index (χ0v) is 11.9. The molecular formula is C16H17F3N2. The molecule has 0 saturated heterocycles. The van der Waals surface area contributed by atoms with Crippen molar-refractivity contribution in [2.45, 2.75) is 32.1 Å². The topological polar surface area (TPSA) is 24.9 Å². The third-order valence-electron chi connectivity index (χ3n) is 3.44. The molecule has 2 rings (SSSR count). The molecule has 1 heterocycles.